The van der Waals surface area contributed by atoms with Gasteiger partial charge >= 0.3 is 0 Å². The molecule has 2 rings (SSSR count). The summed E-state index contributed by atoms with van der Waals surface area (Å²) in [4.78, 5) is 11.0. The predicted octanol–water partition coefficient (Wildman–Crippen LogP) is 3.62. The topological polar surface area (TPSA) is 67.2 Å². The summed E-state index contributed by atoms with van der Waals surface area (Å²) in [5, 5.41) is 6.44. The first-order chi connectivity index (χ1) is 9.04. The average molecular weight is 276 g/mol. The van der Waals surface area contributed by atoms with Gasteiger partial charge in [0.1, 0.15) is 0 Å². The molecule has 0 heterocycles. The van der Waals surface area contributed by atoms with Crippen molar-refractivity contribution in [2.45, 2.75) is 6.92 Å². The zero-order valence-corrected chi connectivity index (χ0v) is 11.2. The van der Waals surface area contributed by atoms with Crippen LogP contribution in [0.4, 0.5) is 22.7 Å². The quantitative estimate of drug-likeness (QED) is 0.750. The molecule has 5 heteroatoms. The largest absolute Gasteiger partial charge is 0.399 e. The van der Waals surface area contributed by atoms with E-state index in [-0.39, 0.29) is 5.91 Å². The monoisotopic (exact) mass is 275 g/mol. The van der Waals surface area contributed by atoms with Gasteiger partial charge in [0.05, 0.1) is 10.7 Å². The van der Waals surface area contributed by atoms with Gasteiger partial charge in [-0.15, -0.1) is 0 Å². The minimum absolute atomic E-state index is 0.109. The molecule has 2 aromatic rings. The molecule has 0 aliphatic carbocycles. The molecule has 4 nitrogen and oxygen atoms in total. The molecule has 98 valence electrons. The first-order valence-corrected chi connectivity index (χ1v) is 6.12. The standard InChI is InChI=1S/C14H14ClN3O/c1-9(19)17-11-3-2-4-12(8-11)18-14-6-5-10(16)7-13(14)15/h2-8,18H,16H2,1H3,(H,17,19). The number of hydrogen-bond acceptors (Lipinski definition) is 3. The van der Waals surface area contributed by atoms with E-state index in [1.165, 1.54) is 6.92 Å². The van der Waals surface area contributed by atoms with Gasteiger partial charge in [-0.3, -0.25) is 4.79 Å². The Morgan fingerprint density at radius 3 is 2.58 bits per heavy atom. The van der Waals surface area contributed by atoms with Crippen LogP contribution in [0.25, 0.3) is 0 Å². The Labute approximate surface area is 116 Å². The molecular formula is C14H14ClN3O. The summed E-state index contributed by atoms with van der Waals surface area (Å²) in [7, 11) is 0. The zero-order valence-electron chi connectivity index (χ0n) is 10.4. The highest BCUT2D eigenvalue weighted by Gasteiger charge is 2.02. The molecule has 19 heavy (non-hydrogen) atoms. The van der Waals surface area contributed by atoms with Crippen LogP contribution in [-0.4, -0.2) is 5.91 Å². The Morgan fingerprint density at radius 2 is 1.89 bits per heavy atom. The van der Waals surface area contributed by atoms with Crippen molar-refractivity contribution in [1.82, 2.24) is 0 Å². The second kappa shape index (κ2) is 5.63. The SMILES string of the molecule is CC(=O)Nc1cccc(Nc2ccc(N)cc2Cl)c1. The molecule has 4 N–H and O–H groups in total. The van der Waals surface area contributed by atoms with Gasteiger partial charge in [0.2, 0.25) is 5.91 Å². The lowest BCUT2D eigenvalue weighted by Crippen LogP contribution is -2.05. The van der Waals surface area contributed by atoms with Crippen molar-refractivity contribution in [3.8, 4) is 0 Å². The molecule has 0 saturated carbocycles. The molecule has 0 saturated heterocycles. The Hall–Kier alpha value is -2.20. The van der Waals surface area contributed by atoms with Crippen molar-refractivity contribution in [2.75, 3.05) is 16.4 Å². The van der Waals surface area contributed by atoms with E-state index in [2.05, 4.69) is 10.6 Å². The number of carbonyl (C=O) groups excluding carboxylic acids is 1. The van der Waals surface area contributed by atoms with Gasteiger partial charge in [-0.05, 0) is 36.4 Å². The Balaban J connectivity index is 2.21. The van der Waals surface area contributed by atoms with Gasteiger partial charge in [-0.2, -0.15) is 0 Å². The van der Waals surface area contributed by atoms with Crippen molar-refractivity contribution >= 4 is 40.3 Å². The number of benzene rings is 2. The third-order valence-electron chi connectivity index (χ3n) is 2.46. The Bertz CT molecular complexity index is 613. The normalized spacial score (nSPS) is 10.0. The van der Waals surface area contributed by atoms with Crippen LogP contribution in [0.2, 0.25) is 5.02 Å². The third-order valence-corrected chi connectivity index (χ3v) is 2.77. The number of anilines is 4. The van der Waals surface area contributed by atoms with Crippen LogP contribution < -0.4 is 16.4 Å². The fraction of sp³-hybridized carbons (Fsp3) is 0.0714. The van der Waals surface area contributed by atoms with Crippen LogP contribution in [0.3, 0.4) is 0 Å². The van der Waals surface area contributed by atoms with Crippen LogP contribution in [0.15, 0.2) is 42.5 Å². The van der Waals surface area contributed by atoms with Gasteiger partial charge in [0.25, 0.3) is 0 Å². The fourth-order valence-electron chi connectivity index (χ4n) is 1.67. The lowest BCUT2D eigenvalue weighted by atomic mass is 10.2. The molecule has 0 fully saturated rings. The van der Waals surface area contributed by atoms with E-state index in [0.717, 1.165) is 17.1 Å². The van der Waals surface area contributed by atoms with Gasteiger partial charge in [-0.1, -0.05) is 17.7 Å². The number of carbonyl (C=O) groups is 1. The lowest BCUT2D eigenvalue weighted by molar-refractivity contribution is -0.114. The average Bonchev–Trinajstić information content (AvgIpc) is 2.32. The number of rotatable bonds is 3. The summed E-state index contributed by atoms with van der Waals surface area (Å²) in [6, 6.07) is 12.6. The van der Waals surface area contributed by atoms with E-state index in [1.807, 2.05) is 30.3 Å². The number of nitrogens with one attached hydrogen (secondary N) is 2. The van der Waals surface area contributed by atoms with Gasteiger partial charge in [0.15, 0.2) is 0 Å². The molecule has 0 radical (unpaired) electrons. The van der Waals surface area contributed by atoms with E-state index in [0.29, 0.717) is 10.7 Å². The summed E-state index contributed by atoms with van der Waals surface area (Å²) in [5.41, 5.74) is 8.57. The minimum Gasteiger partial charge on any atom is -0.399 e. The summed E-state index contributed by atoms with van der Waals surface area (Å²) in [6.07, 6.45) is 0. The second-order valence-corrected chi connectivity index (χ2v) is 4.53. The van der Waals surface area contributed by atoms with E-state index >= 15 is 0 Å². The number of hydrogen-bond donors (Lipinski definition) is 3. The van der Waals surface area contributed by atoms with E-state index in [1.54, 1.807) is 12.1 Å². The molecule has 0 spiro atoms. The van der Waals surface area contributed by atoms with E-state index in [9.17, 15) is 4.79 Å². The molecule has 2 aromatic carbocycles. The maximum absolute atomic E-state index is 11.0. The third kappa shape index (κ3) is 3.63. The summed E-state index contributed by atoms with van der Waals surface area (Å²) in [6.45, 7) is 1.47. The number of nitrogen functional groups attached to an aromatic ring is 1. The fourth-order valence-corrected chi connectivity index (χ4v) is 1.90. The molecule has 0 bridgehead atoms. The van der Waals surface area contributed by atoms with Crippen LogP contribution >= 0.6 is 11.6 Å². The Kier molecular flexibility index (Phi) is 3.92. The number of amides is 1. The smallest absolute Gasteiger partial charge is 0.221 e. The summed E-state index contributed by atoms with van der Waals surface area (Å²) < 4.78 is 0. The summed E-state index contributed by atoms with van der Waals surface area (Å²) in [5.74, 6) is -0.109. The van der Waals surface area contributed by atoms with Gasteiger partial charge in [0, 0.05) is 24.0 Å². The van der Waals surface area contributed by atoms with Crippen LogP contribution in [0, 0.1) is 0 Å². The first kappa shape index (κ1) is 13.2. The van der Waals surface area contributed by atoms with Gasteiger partial charge in [-0.25, -0.2) is 0 Å². The maximum atomic E-state index is 11.0. The van der Waals surface area contributed by atoms with E-state index < -0.39 is 0 Å². The van der Waals surface area contributed by atoms with Crippen LogP contribution in [0.5, 0.6) is 0 Å². The highest BCUT2D eigenvalue weighted by molar-refractivity contribution is 6.33. The maximum Gasteiger partial charge on any atom is 0.221 e. The highest BCUT2D eigenvalue weighted by Crippen LogP contribution is 2.28. The van der Waals surface area contributed by atoms with Crippen LogP contribution in [-0.2, 0) is 4.79 Å². The van der Waals surface area contributed by atoms with Crippen molar-refractivity contribution in [1.29, 1.82) is 0 Å². The first-order valence-electron chi connectivity index (χ1n) is 5.74. The van der Waals surface area contributed by atoms with Crippen molar-refractivity contribution in [3.63, 3.8) is 0 Å². The molecular weight excluding hydrogens is 262 g/mol. The zero-order chi connectivity index (χ0) is 13.8. The van der Waals surface area contributed by atoms with Crippen LogP contribution in [0.1, 0.15) is 6.92 Å². The number of halogens is 1. The molecule has 0 atom stereocenters. The van der Waals surface area contributed by atoms with E-state index in [4.69, 9.17) is 17.3 Å². The minimum atomic E-state index is -0.109. The molecule has 0 aliphatic heterocycles. The molecule has 1 amide bonds. The van der Waals surface area contributed by atoms with Gasteiger partial charge < -0.3 is 16.4 Å². The predicted molar refractivity (Wildman–Crippen MR) is 79.9 cm³/mol. The number of nitrogens with two attached hydrogens (primary N) is 1. The summed E-state index contributed by atoms with van der Waals surface area (Å²) >= 11 is 6.09. The Morgan fingerprint density at radius 1 is 1.16 bits per heavy atom. The molecule has 0 unspecified atom stereocenters. The molecule has 0 aliphatic rings. The second-order valence-electron chi connectivity index (χ2n) is 4.13. The van der Waals surface area contributed by atoms with Crippen molar-refractivity contribution < 1.29 is 4.79 Å². The lowest BCUT2D eigenvalue weighted by Gasteiger charge is -2.10. The molecule has 0 aromatic heterocycles. The highest BCUT2D eigenvalue weighted by atomic mass is 35.5. The van der Waals surface area contributed by atoms with Crippen molar-refractivity contribution in [3.05, 3.63) is 47.5 Å². The van der Waals surface area contributed by atoms with Crippen molar-refractivity contribution in [2.24, 2.45) is 0 Å².